The van der Waals surface area contributed by atoms with Crippen LogP contribution in [-0.2, 0) is 9.59 Å². The van der Waals surface area contributed by atoms with Crippen LogP contribution in [0, 0.1) is 6.92 Å². The van der Waals surface area contributed by atoms with E-state index in [4.69, 9.17) is 10.2 Å². The molecule has 1 heterocycles. The molecule has 0 saturated carbocycles. The van der Waals surface area contributed by atoms with Crippen molar-refractivity contribution in [3.63, 3.8) is 0 Å². The number of aryl methyl sites for hydroxylation is 1. The van der Waals surface area contributed by atoms with Crippen LogP contribution in [0.2, 0.25) is 0 Å². The maximum atomic E-state index is 10.5. The van der Waals surface area contributed by atoms with Gasteiger partial charge in [-0.1, -0.05) is 0 Å². The van der Waals surface area contributed by atoms with Crippen molar-refractivity contribution in [2.45, 2.75) is 6.92 Å². The van der Waals surface area contributed by atoms with E-state index in [1.807, 2.05) is 18.4 Å². The third-order valence-corrected chi connectivity index (χ3v) is 2.83. The Morgan fingerprint density at radius 3 is 2.41 bits per heavy atom. The van der Waals surface area contributed by atoms with Gasteiger partial charge in [-0.3, -0.25) is 14.6 Å². The summed E-state index contributed by atoms with van der Waals surface area (Å²) < 4.78 is 0. The minimum absolute atomic E-state index is 0.437. The molecule has 0 saturated heterocycles. The minimum Gasteiger partial charge on any atom is -0.480 e. The van der Waals surface area contributed by atoms with Crippen LogP contribution in [0.4, 0.5) is 0 Å². The first-order chi connectivity index (χ1) is 7.99. The number of hydrogen-bond donors (Lipinski definition) is 2. The predicted molar refractivity (Wildman–Crippen MR) is 63.5 cm³/mol. The summed E-state index contributed by atoms with van der Waals surface area (Å²) >= 11 is 1.46. The first-order valence-corrected chi connectivity index (χ1v) is 5.63. The lowest BCUT2D eigenvalue weighted by Gasteiger charge is -2.13. The van der Waals surface area contributed by atoms with E-state index in [1.54, 1.807) is 0 Å². The summed E-state index contributed by atoms with van der Waals surface area (Å²) in [6.07, 6.45) is 1.48. The monoisotopic (exact) mass is 256 g/mol. The molecular formula is C10H12N2O4S. The lowest BCUT2D eigenvalue weighted by molar-refractivity contribution is -0.141. The van der Waals surface area contributed by atoms with Gasteiger partial charge in [0.05, 0.1) is 6.21 Å². The lowest BCUT2D eigenvalue weighted by Crippen LogP contribution is -2.30. The van der Waals surface area contributed by atoms with E-state index in [1.165, 1.54) is 17.6 Å². The Morgan fingerprint density at radius 2 is 2.00 bits per heavy atom. The number of carboxylic acid groups (broad SMARTS) is 2. The highest BCUT2D eigenvalue weighted by Gasteiger charge is 2.10. The molecule has 92 valence electrons. The number of hydrazone groups is 1. The Hall–Kier alpha value is -1.89. The standard InChI is InChI=1S/C10H12N2O4S/c1-7-2-3-17-8(7)4-11-12(5-9(13)14)6-10(15)16/h2-4H,5-6H2,1H3,(H,13,14)(H,15,16)/b11-4-. The smallest absolute Gasteiger partial charge is 0.324 e. The molecule has 1 rings (SSSR count). The van der Waals surface area contributed by atoms with E-state index in [9.17, 15) is 9.59 Å². The summed E-state index contributed by atoms with van der Waals surface area (Å²) in [5, 5.41) is 23.9. The molecule has 1 aromatic rings. The van der Waals surface area contributed by atoms with Gasteiger partial charge in [0.15, 0.2) is 0 Å². The second-order valence-electron chi connectivity index (χ2n) is 3.32. The number of thiophene rings is 1. The molecule has 0 bridgehead atoms. The van der Waals surface area contributed by atoms with Gasteiger partial charge in [0.25, 0.3) is 0 Å². The van der Waals surface area contributed by atoms with Gasteiger partial charge in [-0.2, -0.15) is 5.10 Å². The molecule has 0 unspecified atom stereocenters. The van der Waals surface area contributed by atoms with Crippen LogP contribution < -0.4 is 0 Å². The van der Waals surface area contributed by atoms with Crippen LogP contribution in [0.15, 0.2) is 16.5 Å². The molecule has 1 aromatic heterocycles. The zero-order chi connectivity index (χ0) is 12.8. The Kier molecular flexibility index (Phi) is 4.65. The third-order valence-electron chi connectivity index (χ3n) is 1.88. The molecule has 0 atom stereocenters. The van der Waals surface area contributed by atoms with Crippen LogP contribution in [0.5, 0.6) is 0 Å². The average Bonchev–Trinajstić information content (AvgIpc) is 2.59. The summed E-state index contributed by atoms with van der Waals surface area (Å²) in [5.41, 5.74) is 1.02. The Labute approximate surface area is 102 Å². The van der Waals surface area contributed by atoms with E-state index in [0.717, 1.165) is 15.4 Å². The fourth-order valence-corrected chi connectivity index (χ4v) is 1.88. The molecule has 0 aliphatic carbocycles. The van der Waals surface area contributed by atoms with Gasteiger partial charge in [0, 0.05) is 4.88 Å². The fourth-order valence-electron chi connectivity index (χ4n) is 1.10. The van der Waals surface area contributed by atoms with E-state index in [0.29, 0.717) is 0 Å². The maximum absolute atomic E-state index is 10.5. The molecule has 0 amide bonds. The fraction of sp³-hybridized carbons (Fsp3) is 0.300. The zero-order valence-corrected chi connectivity index (χ0v) is 9.98. The SMILES string of the molecule is Cc1ccsc1/C=N\N(CC(=O)O)CC(=O)O. The van der Waals surface area contributed by atoms with E-state index in [2.05, 4.69) is 5.10 Å². The van der Waals surface area contributed by atoms with Gasteiger partial charge in [-0.05, 0) is 23.9 Å². The van der Waals surface area contributed by atoms with Crippen molar-refractivity contribution in [1.29, 1.82) is 0 Å². The zero-order valence-electron chi connectivity index (χ0n) is 9.16. The summed E-state index contributed by atoms with van der Waals surface area (Å²) in [4.78, 5) is 21.9. The number of carbonyl (C=O) groups is 2. The third kappa shape index (κ3) is 4.64. The molecule has 7 heteroatoms. The molecule has 17 heavy (non-hydrogen) atoms. The summed E-state index contributed by atoms with van der Waals surface area (Å²) in [7, 11) is 0. The second-order valence-corrected chi connectivity index (χ2v) is 4.27. The minimum atomic E-state index is -1.12. The van der Waals surface area contributed by atoms with Gasteiger partial charge >= 0.3 is 11.9 Å². The van der Waals surface area contributed by atoms with Crippen molar-refractivity contribution in [1.82, 2.24) is 5.01 Å². The Morgan fingerprint density at radius 1 is 1.41 bits per heavy atom. The Balaban J connectivity index is 2.71. The number of carboxylic acids is 2. The molecule has 0 aliphatic heterocycles. The summed E-state index contributed by atoms with van der Waals surface area (Å²) in [6.45, 7) is 1.02. The van der Waals surface area contributed by atoms with Gasteiger partial charge in [0.1, 0.15) is 13.1 Å². The Bertz CT molecular complexity index is 425. The summed E-state index contributed by atoms with van der Waals surface area (Å²) in [5.74, 6) is -2.24. The van der Waals surface area contributed by atoms with E-state index >= 15 is 0 Å². The first kappa shape index (κ1) is 13.2. The predicted octanol–water partition coefficient (Wildman–Crippen LogP) is 0.862. The normalized spacial score (nSPS) is 10.6. The molecule has 6 nitrogen and oxygen atoms in total. The molecule has 0 spiro atoms. The van der Waals surface area contributed by atoms with Crippen molar-refractivity contribution in [3.05, 3.63) is 21.9 Å². The van der Waals surface area contributed by atoms with Crippen molar-refractivity contribution in [2.24, 2.45) is 5.10 Å². The van der Waals surface area contributed by atoms with Crippen LogP contribution in [0.3, 0.4) is 0 Å². The van der Waals surface area contributed by atoms with Crippen molar-refractivity contribution >= 4 is 29.5 Å². The number of aliphatic carboxylic acids is 2. The van der Waals surface area contributed by atoms with Crippen molar-refractivity contribution in [2.75, 3.05) is 13.1 Å². The van der Waals surface area contributed by atoms with Gasteiger partial charge < -0.3 is 10.2 Å². The highest BCUT2D eigenvalue weighted by molar-refractivity contribution is 7.11. The van der Waals surface area contributed by atoms with Gasteiger partial charge in [-0.25, -0.2) is 0 Å². The molecule has 2 N–H and O–H groups in total. The van der Waals surface area contributed by atoms with Crippen molar-refractivity contribution < 1.29 is 19.8 Å². The van der Waals surface area contributed by atoms with Gasteiger partial charge in [0.2, 0.25) is 0 Å². The summed E-state index contributed by atoms with van der Waals surface area (Å²) in [6, 6.07) is 1.91. The van der Waals surface area contributed by atoms with E-state index < -0.39 is 25.0 Å². The molecular weight excluding hydrogens is 244 g/mol. The quantitative estimate of drug-likeness (QED) is 0.582. The largest absolute Gasteiger partial charge is 0.480 e. The van der Waals surface area contributed by atoms with Crippen LogP contribution >= 0.6 is 11.3 Å². The van der Waals surface area contributed by atoms with Crippen molar-refractivity contribution in [3.8, 4) is 0 Å². The van der Waals surface area contributed by atoms with Crippen LogP contribution in [0.1, 0.15) is 10.4 Å². The molecule has 0 aliphatic rings. The number of rotatable bonds is 6. The highest BCUT2D eigenvalue weighted by atomic mass is 32.1. The average molecular weight is 256 g/mol. The number of hydrogen-bond acceptors (Lipinski definition) is 5. The molecule has 0 radical (unpaired) electrons. The van der Waals surface area contributed by atoms with Crippen LogP contribution in [-0.4, -0.2) is 46.5 Å². The molecule has 0 aromatic carbocycles. The molecule has 0 fully saturated rings. The van der Waals surface area contributed by atoms with E-state index in [-0.39, 0.29) is 0 Å². The number of nitrogens with zero attached hydrogens (tertiary/aromatic N) is 2. The first-order valence-electron chi connectivity index (χ1n) is 4.75. The van der Waals surface area contributed by atoms with Crippen LogP contribution in [0.25, 0.3) is 0 Å². The second kappa shape index (κ2) is 6.00. The maximum Gasteiger partial charge on any atom is 0.324 e. The van der Waals surface area contributed by atoms with Gasteiger partial charge in [-0.15, -0.1) is 11.3 Å². The topological polar surface area (TPSA) is 90.2 Å². The lowest BCUT2D eigenvalue weighted by atomic mass is 10.3. The highest BCUT2D eigenvalue weighted by Crippen LogP contribution is 2.12.